The zero-order valence-electron chi connectivity index (χ0n) is 15.7. The summed E-state index contributed by atoms with van der Waals surface area (Å²) < 4.78 is 12.5. The first-order valence-corrected chi connectivity index (χ1v) is 8.83. The highest BCUT2D eigenvalue weighted by Gasteiger charge is 2.16. The van der Waals surface area contributed by atoms with Gasteiger partial charge in [-0.1, -0.05) is 17.7 Å². The monoisotopic (exact) mass is 401 g/mol. The molecule has 3 rings (SSSR count). The summed E-state index contributed by atoms with van der Waals surface area (Å²) in [5.41, 5.74) is 2.46. The van der Waals surface area contributed by atoms with Crippen molar-refractivity contribution in [1.82, 2.24) is 14.8 Å². The van der Waals surface area contributed by atoms with Gasteiger partial charge in [0.2, 0.25) is 5.88 Å². The number of carbonyl (C=O) groups is 1. The fourth-order valence-corrected chi connectivity index (χ4v) is 2.86. The van der Waals surface area contributed by atoms with Crippen molar-refractivity contribution in [3.8, 4) is 11.6 Å². The first-order valence-electron chi connectivity index (χ1n) is 8.45. The van der Waals surface area contributed by atoms with Gasteiger partial charge in [-0.3, -0.25) is 4.98 Å². The lowest BCUT2D eigenvalue weighted by molar-refractivity contribution is 0.262. The van der Waals surface area contributed by atoms with E-state index in [2.05, 4.69) is 20.7 Å². The van der Waals surface area contributed by atoms with E-state index in [1.807, 2.05) is 18.2 Å². The van der Waals surface area contributed by atoms with Crippen LogP contribution in [0.1, 0.15) is 11.4 Å². The molecular weight excluding hydrogens is 382 g/mol. The standard InChI is InChI=1S/C19H20ClN5O3/c1-12-17(18(27-3)25(2)24-12)23-19(26)22-13-7-8-16(15(20)10-13)28-11-14-6-4-5-9-21-14/h4-10H,11H2,1-3H3,(H2,22,23,26). The van der Waals surface area contributed by atoms with Crippen molar-refractivity contribution in [2.24, 2.45) is 7.05 Å². The van der Waals surface area contributed by atoms with E-state index in [1.54, 1.807) is 43.0 Å². The average Bonchev–Trinajstić information content (AvgIpc) is 2.94. The van der Waals surface area contributed by atoms with Crippen molar-refractivity contribution in [2.45, 2.75) is 13.5 Å². The van der Waals surface area contributed by atoms with Gasteiger partial charge in [-0.15, -0.1) is 0 Å². The van der Waals surface area contributed by atoms with Gasteiger partial charge in [0.15, 0.2) is 0 Å². The summed E-state index contributed by atoms with van der Waals surface area (Å²) >= 11 is 6.27. The minimum absolute atomic E-state index is 0.300. The number of hydrogen-bond donors (Lipinski definition) is 2. The second-order valence-electron chi connectivity index (χ2n) is 5.93. The Bertz CT molecular complexity index is 975. The van der Waals surface area contributed by atoms with Crippen LogP contribution < -0.4 is 20.1 Å². The van der Waals surface area contributed by atoms with Crippen molar-refractivity contribution in [2.75, 3.05) is 17.7 Å². The number of anilines is 2. The fraction of sp³-hybridized carbons (Fsp3) is 0.211. The summed E-state index contributed by atoms with van der Waals surface area (Å²) in [7, 11) is 3.25. The van der Waals surface area contributed by atoms with Crippen molar-refractivity contribution in [3.05, 3.63) is 59.0 Å². The second kappa shape index (κ2) is 8.62. The smallest absolute Gasteiger partial charge is 0.323 e. The van der Waals surface area contributed by atoms with Crippen LogP contribution in [-0.4, -0.2) is 27.9 Å². The number of nitrogens with one attached hydrogen (secondary N) is 2. The van der Waals surface area contributed by atoms with Crippen LogP contribution in [0.2, 0.25) is 5.02 Å². The highest BCUT2D eigenvalue weighted by atomic mass is 35.5. The molecule has 0 fully saturated rings. The van der Waals surface area contributed by atoms with Gasteiger partial charge < -0.3 is 20.1 Å². The maximum Gasteiger partial charge on any atom is 0.323 e. The summed E-state index contributed by atoms with van der Waals surface area (Å²) in [5.74, 6) is 0.965. The van der Waals surface area contributed by atoms with Crippen LogP contribution in [0, 0.1) is 6.92 Å². The highest BCUT2D eigenvalue weighted by molar-refractivity contribution is 6.32. The number of aromatic nitrogens is 3. The molecule has 0 atom stereocenters. The van der Waals surface area contributed by atoms with E-state index in [0.29, 0.717) is 40.3 Å². The Balaban J connectivity index is 1.63. The molecule has 0 spiro atoms. The van der Waals surface area contributed by atoms with Crippen molar-refractivity contribution in [1.29, 1.82) is 0 Å². The van der Waals surface area contributed by atoms with Gasteiger partial charge in [-0.05, 0) is 37.3 Å². The third-order valence-electron chi connectivity index (χ3n) is 3.89. The van der Waals surface area contributed by atoms with Gasteiger partial charge in [-0.2, -0.15) is 5.10 Å². The normalized spacial score (nSPS) is 10.4. The molecule has 146 valence electrons. The number of methoxy groups -OCH3 is 1. The van der Waals surface area contributed by atoms with Gasteiger partial charge in [0.1, 0.15) is 18.0 Å². The topological polar surface area (TPSA) is 90.3 Å². The summed E-state index contributed by atoms with van der Waals surface area (Å²) in [6.07, 6.45) is 1.70. The van der Waals surface area contributed by atoms with Crippen LogP contribution in [0.4, 0.5) is 16.2 Å². The third kappa shape index (κ3) is 4.52. The molecule has 9 heteroatoms. The molecule has 0 aliphatic heterocycles. The van der Waals surface area contributed by atoms with E-state index in [0.717, 1.165) is 5.69 Å². The molecule has 0 aliphatic rings. The molecule has 2 aromatic heterocycles. The molecule has 0 saturated carbocycles. The summed E-state index contributed by atoms with van der Waals surface area (Å²) in [4.78, 5) is 16.5. The predicted molar refractivity (Wildman–Crippen MR) is 107 cm³/mol. The van der Waals surface area contributed by atoms with Crippen LogP contribution in [0.3, 0.4) is 0 Å². The quantitative estimate of drug-likeness (QED) is 0.651. The Morgan fingerprint density at radius 2 is 2.07 bits per heavy atom. The number of hydrogen-bond acceptors (Lipinski definition) is 5. The van der Waals surface area contributed by atoms with Crippen LogP contribution >= 0.6 is 11.6 Å². The molecule has 0 unspecified atom stereocenters. The first-order chi connectivity index (χ1) is 13.5. The zero-order chi connectivity index (χ0) is 20.1. The van der Waals surface area contributed by atoms with E-state index in [4.69, 9.17) is 21.1 Å². The average molecular weight is 402 g/mol. The van der Waals surface area contributed by atoms with Gasteiger partial charge >= 0.3 is 6.03 Å². The number of pyridine rings is 1. The SMILES string of the molecule is COc1c(NC(=O)Nc2ccc(OCc3ccccn3)c(Cl)c2)c(C)nn1C. The number of benzene rings is 1. The number of urea groups is 1. The van der Waals surface area contributed by atoms with E-state index in [1.165, 1.54) is 7.11 Å². The van der Waals surface area contributed by atoms with Gasteiger partial charge in [0.25, 0.3) is 0 Å². The molecule has 28 heavy (non-hydrogen) atoms. The van der Waals surface area contributed by atoms with Crippen molar-refractivity contribution in [3.63, 3.8) is 0 Å². The molecule has 0 bridgehead atoms. The molecule has 0 radical (unpaired) electrons. The Labute approximate surface area is 167 Å². The number of amides is 2. The van der Waals surface area contributed by atoms with E-state index in [9.17, 15) is 4.79 Å². The minimum Gasteiger partial charge on any atom is -0.486 e. The van der Waals surface area contributed by atoms with Crippen LogP contribution in [0.5, 0.6) is 11.6 Å². The Hall–Kier alpha value is -3.26. The highest BCUT2D eigenvalue weighted by Crippen LogP contribution is 2.29. The summed E-state index contributed by atoms with van der Waals surface area (Å²) in [5, 5.41) is 10.1. The fourth-order valence-electron chi connectivity index (χ4n) is 2.62. The lowest BCUT2D eigenvalue weighted by atomic mass is 10.3. The second-order valence-corrected chi connectivity index (χ2v) is 6.33. The first kappa shape index (κ1) is 19.5. The van der Waals surface area contributed by atoms with Gasteiger partial charge in [0.05, 0.1) is 23.5 Å². The minimum atomic E-state index is -0.437. The molecule has 0 aliphatic carbocycles. The van der Waals surface area contributed by atoms with E-state index in [-0.39, 0.29) is 0 Å². The maximum atomic E-state index is 12.3. The number of nitrogens with zero attached hydrogens (tertiary/aromatic N) is 3. The maximum absolute atomic E-state index is 12.3. The molecule has 8 nitrogen and oxygen atoms in total. The largest absolute Gasteiger partial charge is 0.486 e. The Kier molecular flexibility index (Phi) is 6.00. The van der Waals surface area contributed by atoms with E-state index >= 15 is 0 Å². The molecular formula is C19H20ClN5O3. The Morgan fingerprint density at radius 1 is 1.25 bits per heavy atom. The number of halogens is 1. The predicted octanol–water partition coefficient (Wildman–Crippen LogP) is 4.01. The van der Waals surface area contributed by atoms with Crippen molar-refractivity contribution >= 4 is 29.0 Å². The number of aryl methyl sites for hydroxylation is 2. The number of rotatable bonds is 6. The molecule has 3 aromatic rings. The van der Waals surface area contributed by atoms with Crippen LogP contribution in [-0.2, 0) is 13.7 Å². The Morgan fingerprint density at radius 3 is 2.75 bits per heavy atom. The van der Waals surface area contributed by atoms with Crippen molar-refractivity contribution < 1.29 is 14.3 Å². The lowest BCUT2D eigenvalue weighted by Gasteiger charge is -2.11. The molecule has 0 saturated heterocycles. The molecule has 2 heterocycles. The summed E-state index contributed by atoms with van der Waals surface area (Å²) in [6, 6.07) is 10.2. The number of ether oxygens (including phenoxy) is 2. The molecule has 2 amide bonds. The zero-order valence-corrected chi connectivity index (χ0v) is 16.4. The summed E-state index contributed by atoms with van der Waals surface area (Å²) in [6.45, 7) is 2.08. The van der Waals surface area contributed by atoms with Crippen LogP contribution in [0.25, 0.3) is 0 Å². The van der Waals surface area contributed by atoms with E-state index < -0.39 is 6.03 Å². The van der Waals surface area contributed by atoms with Gasteiger partial charge in [-0.25, -0.2) is 9.48 Å². The molecule has 2 N–H and O–H groups in total. The van der Waals surface area contributed by atoms with Gasteiger partial charge in [0, 0.05) is 18.9 Å². The van der Waals surface area contributed by atoms with Crippen LogP contribution in [0.15, 0.2) is 42.6 Å². The number of carbonyl (C=O) groups excluding carboxylic acids is 1. The third-order valence-corrected chi connectivity index (χ3v) is 4.19. The lowest BCUT2D eigenvalue weighted by Crippen LogP contribution is -2.20. The molecule has 1 aromatic carbocycles.